The Bertz CT molecular complexity index is 1070. The fourth-order valence-corrected chi connectivity index (χ4v) is 2.73. The normalized spacial score (nSPS) is 10.7. The summed E-state index contributed by atoms with van der Waals surface area (Å²) in [5.41, 5.74) is 7.80. The molecule has 0 saturated heterocycles. The SMILES string of the molecule is Cc1nccn1-c1ncc(N(C)c2ccnc(-c3ccccc3)n2)c(N)n1. The average molecular weight is 358 g/mol. The van der Waals surface area contributed by atoms with E-state index in [2.05, 4.69) is 24.9 Å². The number of aryl methyl sites for hydroxylation is 1. The van der Waals surface area contributed by atoms with Crippen molar-refractivity contribution in [2.45, 2.75) is 6.92 Å². The number of imidazole rings is 1. The zero-order valence-corrected chi connectivity index (χ0v) is 15.0. The molecule has 0 fully saturated rings. The van der Waals surface area contributed by atoms with Gasteiger partial charge in [0.25, 0.3) is 0 Å². The lowest BCUT2D eigenvalue weighted by Crippen LogP contribution is -2.16. The first kappa shape index (κ1) is 16.6. The summed E-state index contributed by atoms with van der Waals surface area (Å²) in [6, 6.07) is 11.6. The van der Waals surface area contributed by atoms with Gasteiger partial charge < -0.3 is 10.6 Å². The maximum absolute atomic E-state index is 6.20. The summed E-state index contributed by atoms with van der Waals surface area (Å²) in [6.45, 7) is 1.88. The summed E-state index contributed by atoms with van der Waals surface area (Å²) in [5.74, 6) is 2.97. The predicted molar refractivity (Wildman–Crippen MR) is 104 cm³/mol. The number of anilines is 3. The Labute approximate surface area is 156 Å². The van der Waals surface area contributed by atoms with E-state index in [1.165, 1.54) is 0 Å². The van der Waals surface area contributed by atoms with Crippen molar-refractivity contribution in [3.63, 3.8) is 0 Å². The minimum Gasteiger partial charge on any atom is -0.382 e. The maximum Gasteiger partial charge on any atom is 0.237 e. The van der Waals surface area contributed by atoms with Gasteiger partial charge in [0.15, 0.2) is 11.6 Å². The summed E-state index contributed by atoms with van der Waals surface area (Å²) in [6.07, 6.45) is 6.90. The first-order valence-corrected chi connectivity index (χ1v) is 8.38. The molecule has 0 aliphatic rings. The molecule has 0 radical (unpaired) electrons. The second kappa shape index (κ2) is 6.83. The second-order valence-electron chi connectivity index (χ2n) is 5.95. The van der Waals surface area contributed by atoms with Crippen molar-refractivity contribution in [3.8, 4) is 17.3 Å². The summed E-state index contributed by atoms with van der Waals surface area (Å²) in [5, 5.41) is 0. The van der Waals surface area contributed by atoms with Gasteiger partial charge in [-0.05, 0) is 13.0 Å². The molecule has 0 aliphatic carbocycles. The van der Waals surface area contributed by atoms with Crippen molar-refractivity contribution in [1.82, 2.24) is 29.5 Å². The van der Waals surface area contributed by atoms with Gasteiger partial charge in [0.2, 0.25) is 5.95 Å². The van der Waals surface area contributed by atoms with E-state index in [0.29, 0.717) is 29.1 Å². The minimum absolute atomic E-state index is 0.357. The Morgan fingerprint density at radius 3 is 2.48 bits per heavy atom. The summed E-state index contributed by atoms with van der Waals surface area (Å²) < 4.78 is 1.78. The van der Waals surface area contributed by atoms with Gasteiger partial charge in [0.1, 0.15) is 17.3 Å². The molecule has 0 unspecified atom stereocenters. The number of nitrogens with two attached hydrogens (primary N) is 1. The molecule has 0 atom stereocenters. The summed E-state index contributed by atoms with van der Waals surface area (Å²) in [4.78, 5) is 23.8. The number of nitrogens with zero attached hydrogens (tertiary/aromatic N) is 7. The van der Waals surface area contributed by atoms with Gasteiger partial charge >= 0.3 is 0 Å². The molecule has 8 heteroatoms. The first-order valence-electron chi connectivity index (χ1n) is 8.38. The molecular weight excluding hydrogens is 340 g/mol. The molecule has 8 nitrogen and oxygen atoms in total. The summed E-state index contributed by atoms with van der Waals surface area (Å²) >= 11 is 0. The third-order valence-corrected chi connectivity index (χ3v) is 4.20. The fourth-order valence-electron chi connectivity index (χ4n) is 2.73. The lowest BCUT2D eigenvalue weighted by atomic mass is 10.2. The van der Waals surface area contributed by atoms with E-state index in [4.69, 9.17) is 5.73 Å². The van der Waals surface area contributed by atoms with Crippen LogP contribution in [0.1, 0.15) is 5.82 Å². The Kier molecular flexibility index (Phi) is 4.21. The predicted octanol–water partition coefficient (Wildman–Crippen LogP) is 2.78. The number of hydrogen-bond acceptors (Lipinski definition) is 7. The molecule has 4 aromatic rings. The standard InChI is InChI=1S/C19H18N8/c1-13-21-10-11-27(13)19-23-12-15(17(20)25-19)26(2)16-8-9-22-18(24-16)14-6-4-3-5-7-14/h3-12H,1-2H3,(H2,20,23,25). The molecule has 27 heavy (non-hydrogen) atoms. The quantitative estimate of drug-likeness (QED) is 0.599. The molecule has 1 aromatic carbocycles. The van der Waals surface area contributed by atoms with Crippen LogP contribution in [-0.4, -0.2) is 36.5 Å². The van der Waals surface area contributed by atoms with Crippen LogP contribution in [0, 0.1) is 6.92 Å². The lowest BCUT2D eigenvalue weighted by molar-refractivity contribution is 0.883. The van der Waals surface area contributed by atoms with Crippen LogP contribution in [0.3, 0.4) is 0 Å². The van der Waals surface area contributed by atoms with Gasteiger partial charge in [-0.2, -0.15) is 4.98 Å². The molecule has 4 rings (SSSR count). The van der Waals surface area contributed by atoms with E-state index in [0.717, 1.165) is 11.4 Å². The van der Waals surface area contributed by atoms with Crippen molar-refractivity contribution in [3.05, 3.63) is 67.0 Å². The molecule has 0 saturated carbocycles. The minimum atomic E-state index is 0.357. The van der Waals surface area contributed by atoms with Gasteiger partial charge in [0, 0.05) is 31.2 Å². The molecular formula is C19H18N8. The van der Waals surface area contributed by atoms with E-state index in [1.54, 1.807) is 29.4 Å². The monoisotopic (exact) mass is 358 g/mol. The number of hydrogen-bond donors (Lipinski definition) is 1. The van der Waals surface area contributed by atoms with E-state index in [9.17, 15) is 0 Å². The van der Waals surface area contributed by atoms with Crippen LogP contribution in [0.2, 0.25) is 0 Å². The zero-order valence-electron chi connectivity index (χ0n) is 15.0. The molecule has 3 aromatic heterocycles. The van der Waals surface area contributed by atoms with Crippen molar-refractivity contribution in [2.24, 2.45) is 0 Å². The van der Waals surface area contributed by atoms with Gasteiger partial charge in [-0.3, -0.25) is 4.57 Å². The Hall–Kier alpha value is -3.81. The number of benzene rings is 1. The molecule has 0 aliphatic heterocycles. The second-order valence-corrected chi connectivity index (χ2v) is 5.95. The number of aromatic nitrogens is 6. The highest BCUT2D eigenvalue weighted by Gasteiger charge is 2.14. The topological polar surface area (TPSA) is 98.6 Å². The zero-order chi connectivity index (χ0) is 18.8. The van der Waals surface area contributed by atoms with Crippen LogP contribution in [0.25, 0.3) is 17.3 Å². The van der Waals surface area contributed by atoms with E-state index in [-0.39, 0.29) is 0 Å². The van der Waals surface area contributed by atoms with Crippen LogP contribution in [0.5, 0.6) is 0 Å². The first-order chi connectivity index (χ1) is 13.1. The van der Waals surface area contributed by atoms with Gasteiger partial charge in [0.05, 0.1) is 6.20 Å². The van der Waals surface area contributed by atoms with Crippen molar-refractivity contribution in [2.75, 3.05) is 17.7 Å². The van der Waals surface area contributed by atoms with Crippen molar-refractivity contribution >= 4 is 17.3 Å². The molecule has 134 valence electrons. The Balaban J connectivity index is 1.67. The van der Waals surface area contributed by atoms with Gasteiger partial charge in [-0.1, -0.05) is 30.3 Å². The van der Waals surface area contributed by atoms with Crippen molar-refractivity contribution < 1.29 is 0 Å². The number of rotatable bonds is 4. The van der Waals surface area contributed by atoms with E-state index < -0.39 is 0 Å². The third kappa shape index (κ3) is 3.20. The van der Waals surface area contributed by atoms with Gasteiger partial charge in [-0.15, -0.1) is 0 Å². The Morgan fingerprint density at radius 1 is 0.963 bits per heavy atom. The van der Waals surface area contributed by atoms with Crippen LogP contribution >= 0.6 is 0 Å². The maximum atomic E-state index is 6.20. The van der Waals surface area contributed by atoms with Crippen LogP contribution in [0.15, 0.2) is 61.2 Å². The molecule has 0 bridgehead atoms. The van der Waals surface area contributed by atoms with E-state index >= 15 is 0 Å². The molecule has 0 amide bonds. The fraction of sp³-hybridized carbons (Fsp3) is 0.105. The van der Waals surface area contributed by atoms with Gasteiger partial charge in [-0.25, -0.2) is 19.9 Å². The summed E-state index contributed by atoms with van der Waals surface area (Å²) in [7, 11) is 1.87. The number of nitrogen functional groups attached to an aromatic ring is 1. The van der Waals surface area contributed by atoms with Crippen molar-refractivity contribution in [1.29, 1.82) is 0 Å². The van der Waals surface area contributed by atoms with E-state index in [1.807, 2.05) is 55.3 Å². The average Bonchev–Trinajstić information content (AvgIpc) is 3.14. The molecule has 3 heterocycles. The third-order valence-electron chi connectivity index (χ3n) is 4.20. The highest BCUT2D eigenvalue weighted by Crippen LogP contribution is 2.27. The Morgan fingerprint density at radius 2 is 1.78 bits per heavy atom. The highest BCUT2D eigenvalue weighted by molar-refractivity contribution is 5.70. The molecule has 0 spiro atoms. The van der Waals surface area contributed by atoms with Crippen LogP contribution in [0.4, 0.5) is 17.3 Å². The van der Waals surface area contributed by atoms with Crippen LogP contribution in [-0.2, 0) is 0 Å². The lowest BCUT2D eigenvalue weighted by Gasteiger charge is -2.20. The molecule has 2 N–H and O–H groups in total. The highest BCUT2D eigenvalue weighted by atomic mass is 15.2. The largest absolute Gasteiger partial charge is 0.382 e. The smallest absolute Gasteiger partial charge is 0.237 e. The van der Waals surface area contributed by atoms with Crippen LogP contribution < -0.4 is 10.6 Å².